The Kier molecular flexibility index (Phi) is 5.48. The first-order valence-electron chi connectivity index (χ1n) is 7.01. The predicted octanol–water partition coefficient (Wildman–Crippen LogP) is 4.20. The van der Waals surface area contributed by atoms with Gasteiger partial charge in [0.1, 0.15) is 5.75 Å². The van der Waals surface area contributed by atoms with Gasteiger partial charge in [-0.25, -0.2) is 0 Å². The van der Waals surface area contributed by atoms with Crippen LogP contribution >= 0.6 is 11.6 Å². The lowest BCUT2D eigenvalue weighted by Gasteiger charge is -2.12. The zero-order valence-corrected chi connectivity index (χ0v) is 13.1. The van der Waals surface area contributed by atoms with Crippen molar-refractivity contribution in [2.75, 3.05) is 13.7 Å². The fourth-order valence-electron chi connectivity index (χ4n) is 2.09. The van der Waals surface area contributed by atoms with Crippen molar-refractivity contribution in [3.63, 3.8) is 0 Å². The normalized spacial score (nSPS) is 10.5. The Hall–Kier alpha value is -1.71. The smallest absolute Gasteiger partial charge is 0.169 e. The molecule has 0 bridgehead atoms. The van der Waals surface area contributed by atoms with Crippen LogP contribution in [0.1, 0.15) is 18.1 Å². The zero-order chi connectivity index (χ0) is 15.2. The fourth-order valence-corrected chi connectivity index (χ4v) is 2.36. The first kappa shape index (κ1) is 15.7. The molecule has 0 heterocycles. The summed E-state index contributed by atoms with van der Waals surface area (Å²) in [5.41, 5.74) is 7.78. The Morgan fingerprint density at radius 3 is 2.52 bits per heavy atom. The molecule has 2 rings (SSSR count). The summed E-state index contributed by atoms with van der Waals surface area (Å²) in [6, 6.07) is 11.6. The predicted molar refractivity (Wildman–Crippen MR) is 86.7 cm³/mol. The first-order valence-corrected chi connectivity index (χ1v) is 7.39. The third-order valence-electron chi connectivity index (χ3n) is 3.30. The molecule has 2 N–H and O–H groups in total. The van der Waals surface area contributed by atoms with E-state index in [4.69, 9.17) is 26.8 Å². The standard InChI is InChI=1S/C17H20ClNO2/c1-3-12-4-7-16(17(10-12)20-2)21-14-6-5-13(8-9-19)15(18)11-14/h4-7,10-11H,3,8-9,19H2,1-2H3. The van der Waals surface area contributed by atoms with Gasteiger partial charge in [-0.2, -0.15) is 0 Å². The molecule has 0 amide bonds. The molecular weight excluding hydrogens is 286 g/mol. The molecule has 0 saturated heterocycles. The zero-order valence-electron chi connectivity index (χ0n) is 12.4. The maximum atomic E-state index is 6.23. The van der Waals surface area contributed by atoms with Crippen molar-refractivity contribution in [1.29, 1.82) is 0 Å². The number of halogens is 1. The third kappa shape index (κ3) is 3.90. The van der Waals surface area contributed by atoms with Crippen LogP contribution in [0.25, 0.3) is 0 Å². The van der Waals surface area contributed by atoms with Gasteiger partial charge in [-0.1, -0.05) is 30.7 Å². The van der Waals surface area contributed by atoms with Gasteiger partial charge in [-0.05, 0) is 54.8 Å². The molecule has 0 aliphatic heterocycles. The number of aryl methyl sites for hydroxylation is 1. The van der Waals surface area contributed by atoms with Gasteiger partial charge >= 0.3 is 0 Å². The average Bonchev–Trinajstić information content (AvgIpc) is 2.50. The first-order chi connectivity index (χ1) is 10.2. The highest BCUT2D eigenvalue weighted by Gasteiger charge is 2.08. The molecular formula is C17H20ClNO2. The van der Waals surface area contributed by atoms with Gasteiger partial charge in [0.15, 0.2) is 11.5 Å². The van der Waals surface area contributed by atoms with E-state index in [-0.39, 0.29) is 0 Å². The van der Waals surface area contributed by atoms with Crippen molar-refractivity contribution in [1.82, 2.24) is 0 Å². The Bertz CT molecular complexity index is 614. The molecule has 21 heavy (non-hydrogen) atoms. The van der Waals surface area contributed by atoms with Crippen LogP contribution in [0.5, 0.6) is 17.2 Å². The lowest BCUT2D eigenvalue weighted by molar-refractivity contribution is 0.378. The van der Waals surface area contributed by atoms with Gasteiger partial charge < -0.3 is 15.2 Å². The van der Waals surface area contributed by atoms with E-state index in [1.54, 1.807) is 13.2 Å². The third-order valence-corrected chi connectivity index (χ3v) is 3.65. The van der Waals surface area contributed by atoms with Crippen LogP contribution in [-0.4, -0.2) is 13.7 Å². The number of ether oxygens (including phenoxy) is 2. The molecule has 0 radical (unpaired) electrons. The number of methoxy groups -OCH3 is 1. The molecule has 0 aliphatic rings. The summed E-state index contributed by atoms with van der Waals surface area (Å²) in [5, 5.41) is 0.669. The second-order valence-corrected chi connectivity index (χ2v) is 5.14. The van der Waals surface area contributed by atoms with Crippen molar-refractivity contribution in [3.8, 4) is 17.2 Å². The second kappa shape index (κ2) is 7.34. The number of nitrogens with two attached hydrogens (primary N) is 1. The maximum absolute atomic E-state index is 6.23. The Morgan fingerprint density at radius 2 is 1.90 bits per heavy atom. The number of benzene rings is 2. The Morgan fingerprint density at radius 1 is 1.10 bits per heavy atom. The van der Waals surface area contributed by atoms with Crippen LogP contribution in [0.15, 0.2) is 36.4 Å². The minimum atomic E-state index is 0.576. The summed E-state index contributed by atoms with van der Waals surface area (Å²) in [4.78, 5) is 0. The summed E-state index contributed by atoms with van der Waals surface area (Å²) < 4.78 is 11.3. The topological polar surface area (TPSA) is 44.5 Å². The summed E-state index contributed by atoms with van der Waals surface area (Å²) in [5.74, 6) is 2.08. The average molecular weight is 306 g/mol. The molecule has 0 spiro atoms. The highest BCUT2D eigenvalue weighted by atomic mass is 35.5. The minimum Gasteiger partial charge on any atom is -0.493 e. The molecule has 2 aromatic rings. The summed E-state index contributed by atoms with van der Waals surface area (Å²) in [6.07, 6.45) is 1.71. The maximum Gasteiger partial charge on any atom is 0.169 e. The molecule has 0 saturated carbocycles. The van der Waals surface area contributed by atoms with Gasteiger partial charge in [0.25, 0.3) is 0 Å². The summed E-state index contributed by atoms with van der Waals surface area (Å²) in [7, 11) is 1.64. The lowest BCUT2D eigenvalue weighted by Crippen LogP contribution is -2.03. The van der Waals surface area contributed by atoms with Crippen LogP contribution in [0.3, 0.4) is 0 Å². The van der Waals surface area contributed by atoms with E-state index in [0.29, 0.717) is 23.1 Å². The van der Waals surface area contributed by atoms with Crippen molar-refractivity contribution in [2.45, 2.75) is 19.8 Å². The van der Waals surface area contributed by atoms with E-state index in [2.05, 4.69) is 6.92 Å². The van der Waals surface area contributed by atoms with E-state index in [1.807, 2.05) is 30.3 Å². The summed E-state index contributed by atoms with van der Waals surface area (Å²) >= 11 is 6.23. The molecule has 2 aromatic carbocycles. The van der Waals surface area contributed by atoms with Crippen molar-refractivity contribution in [3.05, 3.63) is 52.5 Å². The van der Waals surface area contributed by atoms with Gasteiger partial charge in [0, 0.05) is 5.02 Å². The van der Waals surface area contributed by atoms with E-state index in [0.717, 1.165) is 24.2 Å². The SMILES string of the molecule is CCc1ccc(Oc2ccc(CCN)c(Cl)c2)c(OC)c1. The van der Waals surface area contributed by atoms with Crippen molar-refractivity contribution >= 4 is 11.6 Å². The molecule has 0 unspecified atom stereocenters. The van der Waals surface area contributed by atoms with Crippen LogP contribution in [0.4, 0.5) is 0 Å². The van der Waals surface area contributed by atoms with Crippen LogP contribution in [-0.2, 0) is 12.8 Å². The quantitative estimate of drug-likeness (QED) is 0.869. The number of hydrogen-bond acceptors (Lipinski definition) is 3. The Labute approximate surface area is 130 Å². The molecule has 0 aromatic heterocycles. The highest BCUT2D eigenvalue weighted by Crippen LogP contribution is 2.34. The molecule has 4 heteroatoms. The minimum absolute atomic E-state index is 0.576. The molecule has 0 fully saturated rings. The fraction of sp³-hybridized carbons (Fsp3) is 0.294. The lowest BCUT2D eigenvalue weighted by atomic mass is 10.1. The number of hydrogen-bond donors (Lipinski definition) is 1. The molecule has 0 atom stereocenters. The Balaban J connectivity index is 2.23. The highest BCUT2D eigenvalue weighted by molar-refractivity contribution is 6.31. The van der Waals surface area contributed by atoms with E-state index in [1.165, 1.54) is 5.56 Å². The van der Waals surface area contributed by atoms with Crippen molar-refractivity contribution in [2.24, 2.45) is 5.73 Å². The summed E-state index contributed by atoms with van der Waals surface area (Å²) in [6.45, 7) is 2.68. The van der Waals surface area contributed by atoms with Gasteiger partial charge in [-0.15, -0.1) is 0 Å². The van der Waals surface area contributed by atoms with Crippen LogP contribution in [0.2, 0.25) is 5.02 Å². The van der Waals surface area contributed by atoms with E-state index >= 15 is 0 Å². The molecule has 3 nitrogen and oxygen atoms in total. The van der Waals surface area contributed by atoms with E-state index in [9.17, 15) is 0 Å². The molecule has 0 aliphatic carbocycles. The van der Waals surface area contributed by atoms with Crippen LogP contribution in [0, 0.1) is 0 Å². The molecule has 112 valence electrons. The number of rotatable bonds is 6. The van der Waals surface area contributed by atoms with Gasteiger partial charge in [0.2, 0.25) is 0 Å². The van der Waals surface area contributed by atoms with Gasteiger partial charge in [0.05, 0.1) is 7.11 Å². The largest absolute Gasteiger partial charge is 0.493 e. The van der Waals surface area contributed by atoms with Gasteiger partial charge in [-0.3, -0.25) is 0 Å². The second-order valence-electron chi connectivity index (χ2n) is 4.73. The van der Waals surface area contributed by atoms with Crippen molar-refractivity contribution < 1.29 is 9.47 Å². The monoisotopic (exact) mass is 305 g/mol. The van der Waals surface area contributed by atoms with E-state index < -0.39 is 0 Å². The van der Waals surface area contributed by atoms with Crippen LogP contribution < -0.4 is 15.2 Å².